The van der Waals surface area contributed by atoms with E-state index >= 15 is 0 Å². The quantitative estimate of drug-likeness (QED) is 0.830. The maximum absolute atomic E-state index is 12.1. The number of amides is 1. The summed E-state index contributed by atoms with van der Waals surface area (Å²) in [6.07, 6.45) is 0.0806. The van der Waals surface area contributed by atoms with Crippen molar-refractivity contribution < 1.29 is 19.1 Å². The van der Waals surface area contributed by atoms with Crippen LogP contribution >= 0.6 is 0 Å². The number of carbonyl (C=O) groups is 2. The molecule has 0 aliphatic carbocycles. The van der Waals surface area contributed by atoms with E-state index in [0.717, 1.165) is 5.56 Å². The van der Waals surface area contributed by atoms with Gasteiger partial charge in [-0.05, 0) is 53.5 Å². The summed E-state index contributed by atoms with van der Waals surface area (Å²) in [6.45, 7) is 10.8. The number of rotatable bonds is 5. The minimum atomic E-state index is -0.590. The van der Waals surface area contributed by atoms with Crippen molar-refractivity contribution in [3.63, 3.8) is 0 Å². The van der Waals surface area contributed by atoms with Gasteiger partial charge in [0.15, 0.2) is 0 Å². The van der Waals surface area contributed by atoms with Gasteiger partial charge < -0.3 is 14.8 Å². The average molecular weight is 335 g/mol. The summed E-state index contributed by atoms with van der Waals surface area (Å²) in [5.41, 5.74) is -0.116. The van der Waals surface area contributed by atoms with Crippen LogP contribution in [-0.2, 0) is 20.7 Å². The van der Waals surface area contributed by atoms with Gasteiger partial charge in [-0.1, -0.05) is 30.3 Å². The predicted molar refractivity (Wildman–Crippen MR) is 93.8 cm³/mol. The van der Waals surface area contributed by atoms with Gasteiger partial charge in [-0.2, -0.15) is 0 Å². The molecule has 0 heterocycles. The molecule has 1 unspecified atom stereocenters. The SMILES string of the molecule is CC(C)(C)OC(=O)CC(Cc1ccccc1)NC(=O)OC(C)(C)C. The lowest BCUT2D eigenvalue weighted by Gasteiger charge is -2.25. The molecule has 1 aromatic carbocycles. The van der Waals surface area contributed by atoms with E-state index in [-0.39, 0.29) is 12.4 Å². The lowest BCUT2D eigenvalue weighted by atomic mass is 10.0. The molecule has 1 rings (SSSR count). The van der Waals surface area contributed by atoms with Crippen molar-refractivity contribution in [2.45, 2.75) is 71.6 Å². The molecule has 0 radical (unpaired) electrons. The number of carbonyl (C=O) groups excluding carboxylic acids is 2. The van der Waals surface area contributed by atoms with Gasteiger partial charge in [0, 0.05) is 6.04 Å². The molecule has 5 nitrogen and oxygen atoms in total. The van der Waals surface area contributed by atoms with Gasteiger partial charge in [-0.25, -0.2) is 4.79 Å². The summed E-state index contributed by atoms with van der Waals surface area (Å²) < 4.78 is 10.6. The Hall–Kier alpha value is -2.04. The Kier molecular flexibility index (Phi) is 6.81. The molecule has 1 atom stereocenters. The van der Waals surface area contributed by atoms with E-state index in [2.05, 4.69) is 5.32 Å². The minimum Gasteiger partial charge on any atom is -0.460 e. The first-order valence-electron chi connectivity index (χ1n) is 8.20. The second-order valence-corrected chi connectivity index (χ2v) is 7.82. The van der Waals surface area contributed by atoms with E-state index in [0.29, 0.717) is 6.42 Å². The number of esters is 1. The molecule has 24 heavy (non-hydrogen) atoms. The van der Waals surface area contributed by atoms with Crippen molar-refractivity contribution >= 4 is 12.1 Å². The van der Waals surface area contributed by atoms with Crippen LogP contribution in [0.4, 0.5) is 4.79 Å². The largest absolute Gasteiger partial charge is 0.460 e. The molecule has 5 heteroatoms. The normalized spacial score (nSPS) is 13.1. The highest BCUT2D eigenvalue weighted by atomic mass is 16.6. The Morgan fingerprint density at radius 2 is 1.50 bits per heavy atom. The highest BCUT2D eigenvalue weighted by Gasteiger charge is 2.24. The van der Waals surface area contributed by atoms with Gasteiger partial charge in [0.2, 0.25) is 0 Å². The molecule has 0 spiro atoms. The van der Waals surface area contributed by atoms with Crippen LogP contribution in [0.15, 0.2) is 30.3 Å². The third-order valence-corrected chi connectivity index (χ3v) is 2.88. The second kappa shape index (κ2) is 8.18. The van der Waals surface area contributed by atoms with Crippen LogP contribution in [0.3, 0.4) is 0 Å². The highest BCUT2D eigenvalue weighted by Crippen LogP contribution is 2.13. The van der Waals surface area contributed by atoms with Gasteiger partial charge in [-0.15, -0.1) is 0 Å². The fraction of sp³-hybridized carbons (Fsp3) is 0.579. The molecule has 0 saturated carbocycles. The first kappa shape index (κ1) is 20.0. The van der Waals surface area contributed by atoms with Crippen molar-refractivity contribution in [2.24, 2.45) is 0 Å². The topological polar surface area (TPSA) is 64.6 Å². The van der Waals surface area contributed by atoms with Crippen molar-refractivity contribution in [1.82, 2.24) is 5.32 Å². The van der Waals surface area contributed by atoms with E-state index in [1.54, 1.807) is 20.8 Å². The molecule has 1 amide bonds. The number of hydrogen-bond donors (Lipinski definition) is 1. The van der Waals surface area contributed by atoms with E-state index in [9.17, 15) is 9.59 Å². The molecular formula is C19H29NO4. The Morgan fingerprint density at radius 3 is 2.00 bits per heavy atom. The lowest BCUT2D eigenvalue weighted by molar-refractivity contribution is -0.155. The Morgan fingerprint density at radius 1 is 0.958 bits per heavy atom. The smallest absolute Gasteiger partial charge is 0.407 e. The van der Waals surface area contributed by atoms with Crippen molar-refractivity contribution in [3.8, 4) is 0 Å². The summed E-state index contributed by atoms with van der Waals surface area (Å²) in [5.74, 6) is -0.348. The molecule has 134 valence electrons. The zero-order chi connectivity index (χ0) is 18.4. The van der Waals surface area contributed by atoms with Gasteiger partial charge in [0.1, 0.15) is 11.2 Å². The molecule has 0 fully saturated rings. The Bertz CT molecular complexity index is 511. The third-order valence-electron chi connectivity index (χ3n) is 2.88. The number of alkyl carbamates (subject to hydrolysis) is 1. The average Bonchev–Trinajstić information content (AvgIpc) is 2.34. The molecule has 0 bridgehead atoms. The Labute approximate surface area is 144 Å². The fourth-order valence-corrected chi connectivity index (χ4v) is 2.13. The third kappa shape index (κ3) is 9.18. The van der Waals surface area contributed by atoms with Gasteiger partial charge >= 0.3 is 12.1 Å². The fourth-order valence-electron chi connectivity index (χ4n) is 2.13. The second-order valence-electron chi connectivity index (χ2n) is 7.82. The van der Waals surface area contributed by atoms with Crippen LogP contribution in [0.2, 0.25) is 0 Å². The van der Waals surface area contributed by atoms with E-state index in [1.807, 2.05) is 51.1 Å². The first-order chi connectivity index (χ1) is 10.9. The number of ether oxygens (including phenoxy) is 2. The van der Waals surface area contributed by atoms with Gasteiger partial charge in [-0.3, -0.25) is 4.79 Å². The van der Waals surface area contributed by atoms with E-state index in [1.165, 1.54) is 0 Å². The van der Waals surface area contributed by atoms with Crippen molar-refractivity contribution in [1.29, 1.82) is 0 Å². The van der Waals surface area contributed by atoms with Crippen LogP contribution in [0.1, 0.15) is 53.5 Å². The molecule has 0 aliphatic rings. The maximum Gasteiger partial charge on any atom is 0.407 e. The summed E-state index contributed by atoms with van der Waals surface area (Å²) in [4.78, 5) is 24.2. The molecule has 1 aromatic rings. The summed E-state index contributed by atoms with van der Waals surface area (Å²) in [6, 6.07) is 9.30. The zero-order valence-electron chi connectivity index (χ0n) is 15.5. The van der Waals surface area contributed by atoms with E-state index in [4.69, 9.17) is 9.47 Å². The van der Waals surface area contributed by atoms with Crippen LogP contribution in [-0.4, -0.2) is 29.3 Å². The molecule has 0 aliphatic heterocycles. The number of nitrogens with one attached hydrogen (secondary N) is 1. The first-order valence-corrected chi connectivity index (χ1v) is 8.20. The lowest BCUT2D eigenvalue weighted by Crippen LogP contribution is -2.42. The summed E-state index contributed by atoms with van der Waals surface area (Å²) in [7, 11) is 0. The standard InChI is InChI=1S/C19H29NO4/c1-18(2,3)23-16(21)13-15(12-14-10-8-7-9-11-14)20-17(22)24-19(4,5)6/h7-11,15H,12-13H2,1-6H3,(H,20,22). The number of benzene rings is 1. The predicted octanol–water partition coefficient (Wildman–Crippen LogP) is 3.85. The summed E-state index contributed by atoms with van der Waals surface area (Å²) >= 11 is 0. The number of hydrogen-bond acceptors (Lipinski definition) is 4. The maximum atomic E-state index is 12.1. The molecule has 1 N–H and O–H groups in total. The molecular weight excluding hydrogens is 306 g/mol. The van der Waals surface area contributed by atoms with Gasteiger partial charge in [0.25, 0.3) is 0 Å². The zero-order valence-corrected chi connectivity index (χ0v) is 15.5. The molecule has 0 saturated heterocycles. The minimum absolute atomic E-state index is 0.0887. The summed E-state index contributed by atoms with van der Waals surface area (Å²) in [5, 5.41) is 2.78. The van der Waals surface area contributed by atoms with Crippen LogP contribution in [0.5, 0.6) is 0 Å². The van der Waals surface area contributed by atoms with Gasteiger partial charge in [0.05, 0.1) is 6.42 Å². The Balaban J connectivity index is 2.75. The molecule has 0 aromatic heterocycles. The van der Waals surface area contributed by atoms with Crippen LogP contribution in [0.25, 0.3) is 0 Å². The highest BCUT2D eigenvalue weighted by molar-refractivity contribution is 5.73. The van der Waals surface area contributed by atoms with E-state index < -0.39 is 23.3 Å². The van der Waals surface area contributed by atoms with Crippen molar-refractivity contribution in [3.05, 3.63) is 35.9 Å². The monoisotopic (exact) mass is 335 g/mol. The van der Waals surface area contributed by atoms with Crippen molar-refractivity contribution in [2.75, 3.05) is 0 Å². The van der Waals surface area contributed by atoms with Crippen LogP contribution < -0.4 is 5.32 Å². The van der Waals surface area contributed by atoms with Crippen LogP contribution in [0, 0.1) is 0 Å².